The van der Waals surface area contributed by atoms with Crippen molar-refractivity contribution < 1.29 is 19.0 Å². The first-order chi connectivity index (χ1) is 6.94. The van der Waals surface area contributed by atoms with Crippen molar-refractivity contribution in [2.45, 2.75) is 46.0 Å². The Hall–Kier alpha value is -0.610. The standard InChI is InChI=1S/C11H20O4/c1-5-13-10(12)8(2)6-9-7-14-11(3,4)15-9/h8-9H,5-7H2,1-4H3/t8?,9-/m0/s1. The first kappa shape index (κ1) is 12.5. The van der Waals surface area contributed by atoms with Gasteiger partial charge in [-0.3, -0.25) is 4.79 Å². The van der Waals surface area contributed by atoms with Gasteiger partial charge in [-0.1, -0.05) is 6.92 Å². The molecule has 0 amide bonds. The largest absolute Gasteiger partial charge is 0.466 e. The predicted octanol–water partition coefficient (Wildman–Crippen LogP) is 1.73. The summed E-state index contributed by atoms with van der Waals surface area (Å²) in [6.45, 7) is 8.40. The summed E-state index contributed by atoms with van der Waals surface area (Å²) in [5, 5.41) is 0. The molecule has 0 aliphatic carbocycles. The lowest BCUT2D eigenvalue weighted by Crippen LogP contribution is -2.25. The minimum atomic E-state index is -0.515. The fourth-order valence-electron chi connectivity index (χ4n) is 1.65. The molecule has 0 aromatic heterocycles. The van der Waals surface area contributed by atoms with Crippen molar-refractivity contribution in [3.8, 4) is 0 Å². The summed E-state index contributed by atoms with van der Waals surface area (Å²) < 4.78 is 16.0. The van der Waals surface area contributed by atoms with E-state index in [1.54, 1.807) is 0 Å². The van der Waals surface area contributed by atoms with E-state index in [2.05, 4.69) is 0 Å². The zero-order valence-electron chi connectivity index (χ0n) is 9.91. The minimum absolute atomic E-state index is 0.000550. The Morgan fingerprint density at radius 2 is 2.27 bits per heavy atom. The van der Waals surface area contributed by atoms with E-state index in [0.717, 1.165) is 0 Å². The van der Waals surface area contributed by atoms with E-state index in [4.69, 9.17) is 14.2 Å². The van der Waals surface area contributed by atoms with E-state index < -0.39 is 5.79 Å². The monoisotopic (exact) mass is 216 g/mol. The zero-order valence-corrected chi connectivity index (χ0v) is 9.91. The molecule has 4 nitrogen and oxygen atoms in total. The number of ether oxygens (including phenoxy) is 3. The molecule has 1 aliphatic rings. The van der Waals surface area contributed by atoms with Gasteiger partial charge in [-0.05, 0) is 27.2 Å². The average molecular weight is 216 g/mol. The molecule has 15 heavy (non-hydrogen) atoms. The van der Waals surface area contributed by atoms with Crippen LogP contribution in [0.3, 0.4) is 0 Å². The molecule has 0 saturated carbocycles. The van der Waals surface area contributed by atoms with Crippen LogP contribution < -0.4 is 0 Å². The highest BCUT2D eigenvalue weighted by Crippen LogP contribution is 2.26. The van der Waals surface area contributed by atoms with Crippen LogP contribution in [0.4, 0.5) is 0 Å². The number of hydrogen-bond donors (Lipinski definition) is 0. The fourth-order valence-corrected chi connectivity index (χ4v) is 1.65. The van der Waals surface area contributed by atoms with Crippen molar-refractivity contribution in [2.24, 2.45) is 5.92 Å². The van der Waals surface area contributed by atoms with Gasteiger partial charge in [-0.25, -0.2) is 0 Å². The summed E-state index contributed by atoms with van der Waals surface area (Å²) in [6.07, 6.45) is 0.654. The lowest BCUT2D eigenvalue weighted by atomic mass is 10.0. The molecule has 4 heteroatoms. The number of esters is 1. The number of carbonyl (C=O) groups is 1. The molecular weight excluding hydrogens is 196 g/mol. The maximum Gasteiger partial charge on any atom is 0.308 e. The summed E-state index contributed by atoms with van der Waals surface area (Å²) in [6, 6.07) is 0. The highest BCUT2D eigenvalue weighted by atomic mass is 16.7. The molecule has 1 saturated heterocycles. The normalized spacial score (nSPS) is 26.3. The van der Waals surface area contributed by atoms with Crippen LogP contribution in [0.25, 0.3) is 0 Å². The van der Waals surface area contributed by atoms with Crippen molar-refractivity contribution in [2.75, 3.05) is 13.2 Å². The molecule has 0 radical (unpaired) electrons. The molecule has 0 N–H and O–H groups in total. The lowest BCUT2D eigenvalue weighted by molar-refractivity contribution is -0.153. The highest BCUT2D eigenvalue weighted by molar-refractivity contribution is 5.71. The Morgan fingerprint density at radius 3 is 2.73 bits per heavy atom. The quantitative estimate of drug-likeness (QED) is 0.671. The van der Waals surface area contributed by atoms with E-state index in [1.165, 1.54) is 0 Å². The van der Waals surface area contributed by atoms with Gasteiger partial charge in [0.05, 0.1) is 25.2 Å². The first-order valence-corrected chi connectivity index (χ1v) is 5.43. The van der Waals surface area contributed by atoms with Gasteiger partial charge in [-0.15, -0.1) is 0 Å². The Balaban J connectivity index is 2.33. The summed E-state index contributed by atoms with van der Waals surface area (Å²) in [5.41, 5.74) is 0. The van der Waals surface area contributed by atoms with Gasteiger partial charge in [0.25, 0.3) is 0 Å². The third kappa shape index (κ3) is 3.80. The smallest absolute Gasteiger partial charge is 0.308 e. The van der Waals surface area contributed by atoms with Crippen LogP contribution in [-0.2, 0) is 19.0 Å². The Labute approximate surface area is 90.9 Å². The molecule has 1 fully saturated rings. The predicted molar refractivity (Wildman–Crippen MR) is 55.3 cm³/mol. The molecule has 0 spiro atoms. The highest BCUT2D eigenvalue weighted by Gasteiger charge is 2.34. The average Bonchev–Trinajstić information content (AvgIpc) is 2.46. The van der Waals surface area contributed by atoms with Gasteiger partial charge < -0.3 is 14.2 Å². The van der Waals surface area contributed by atoms with Crippen LogP contribution in [0.2, 0.25) is 0 Å². The van der Waals surface area contributed by atoms with Crippen LogP contribution in [-0.4, -0.2) is 31.1 Å². The summed E-state index contributed by atoms with van der Waals surface area (Å²) in [7, 11) is 0. The second-order valence-electron chi connectivity index (χ2n) is 4.34. The Bertz CT molecular complexity index is 225. The van der Waals surface area contributed by atoms with Crippen LogP contribution in [0.15, 0.2) is 0 Å². The van der Waals surface area contributed by atoms with Crippen molar-refractivity contribution in [3.63, 3.8) is 0 Å². The maximum absolute atomic E-state index is 11.4. The van der Waals surface area contributed by atoms with Crippen molar-refractivity contribution in [3.05, 3.63) is 0 Å². The second kappa shape index (κ2) is 4.94. The number of carbonyl (C=O) groups excluding carboxylic acids is 1. The molecule has 2 atom stereocenters. The van der Waals surface area contributed by atoms with Crippen molar-refractivity contribution in [1.29, 1.82) is 0 Å². The number of hydrogen-bond acceptors (Lipinski definition) is 4. The maximum atomic E-state index is 11.4. The number of rotatable bonds is 4. The van der Waals surface area contributed by atoms with Crippen LogP contribution in [0.5, 0.6) is 0 Å². The molecule has 0 aromatic carbocycles. The van der Waals surface area contributed by atoms with Gasteiger partial charge in [0, 0.05) is 0 Å². The van der Waals surface area contributed by atoms with E-state index in [-0.39, 0.29) is 18.0 Å². The fraction of sp³-hybridized carbons (Fsp3) is 0.909. The molecule has 1 rings (SSSR count). The third-order valence-corrected chi connectivity index (χ3v) is 2.37. The molecule has 1 aliphatic heterocycles. The van der Waals surface area contributed by atoms with E-state index in [9.17, 15) is 4.79 Å². The van der Waals surface area contributed by atoms with Gasteiger partial charge in [0.1, 0.15) is 0 Å². The molecule has 0 aromatic rings. The minimum Gasteiger partial charge on any atom is -0.466 e. The Morgan fingerprint density at radius 1 is 1.60 bits per heavy atom. The van der Waals surface area contributed by atoms with Gasteiger partial charge in [0.2, 0.25) is 0 Å². The first-order valence-electron chi connectivity index (χ1n) is 5.43. The van der Waals surface area contributed by atoms with Crippen LogP contribution in [0.1, 0.15) is 34.1 Å². The molecule has 1 heterocycles. The zero-order chi connectivity index (χ0) is 11.5. The Kier molecular flexibility index (Phi) is 4.11. The third-order valence-electron chi connectivity index (χ3n) is 2.37. The van der Waals surface area contributed by atoms with E-state index >= 15 is 0 Å². The summed E-state index contributed by atoms with van der Waals surface area (Å²) >= 11 is 0. The second-order valence-corrected chi connectivity index (χ2v) is 4.34. The lowest BCUT2D eigenvalue weighted by Gasteiger charge is -2.18. The van der Waals surface area contributed by atoms with Crippen LogP contribution in [0, 0.1) is 5.92 Å². The summed E-state index contributed by atoms with van der Waals surface area (Å²) in [5.74, 6) is -0.808. The summed E-state index contributed by atoms with van der Waals surface area (Å²) in [4.78, 5) is 11.4. The molecule has 0 bridgehead atoms. The topological polar surface area (TPSA) is 44.8 Å². The SMILES string of the molecule is CCOC(=O)C(C)C[C@H]1COC(C)(C)O1. The molecule has 1 unspecified atom stereocenters. The van der Waals surface area contributed by atoms with Crippen LogP contribution >= 0.6 is 0 Å². The van der Waals surface area contributed by atoms with Gasteiger partial charge in [0.15, 0.2) is 5.79 Å². The van der Waals surface area contributed by atoms with Crippen molar-refractivity contribution >= 4 is 5.97 Å². The molecular formula is C11H20O4. The van der Waals surface area contributed by atoms with E-state index in [0.29, 0.717) is 19.6 Å². The molecule has 88 valence electrons. The van der Waals surface area contributed by atoms with Crippen molar-refractivity contribution in [1.82, 2.24) is 0 Å². The van der Waals surface area contributed by atoms with Gasteiger partial charge in [-0.2, -0.15) is 0 Å². The van der Waals surface area contributed by atoms with Gasteiger partial charge >= 0.3 is 5.97 Å². The van der Waals surface area contributed by atoms with E-state index in [1.807, 2.05) is 27.7 Å².